The molecular formula is C45H80ClN3O6. The maximum absolute atomic E-state index is 13.0. The van der Waals surface area contributed by atoms with Gasteiger partial charge in [-0.25, -0.2) is 0 Å². The summed E-state index contributed by atoms with van der Waals surface area (Å²) >= 11 is 0. The van der Waals surface area contributed by atoms with Crippen LogP contribution in [-0.2, 0) is 23.8 Å². The quantitative estimate of drug-likeness (QED) is 0.0538. The molecule has 0 unspecified atom stereocenters. The number of halogens is 1. The molecule has 0 aliphatic carbocycles. The van der Waals surface area contributed by atoms with Crippen molar-refractivity contribution in [2.75, 3.05) is 6.61 Å². The zero-order valence-electron chi connectivity index (χ0n) is 35.1. The number of carbonyl (C=O) groups is 2. The van der Waals surface area contributed by atoms with Gasteiger partial charge in [-0.2, -0.15) is 4.98 Å². The Balaban J connectivity index is 0.0000105. The molecule has 0 spiro atoms. The number of nitrogens with one attached hydrogen (secondary N) is 1. The highest BCUT2D eigenvalue weighted by Gasteiger charge is 2.54. The predicted octanol–water partition coefficient (Wildman–Crippen LogP) is 12.4. The van der Waals surface area contributed by atoms with E-state index in [9.17, 15) is 9.59 Å². The molecule has 4 atom stereocenters. The van der Waals surface area contributed by atoms with E-state index in [-0.39, 0.29) is 42.5 Å². The van der Waals surface area contributed by atoms with Gasteiger partial charge in [-0.1, -0.05) is 194 Å². The molecule has 10 heteroatoms. The van der Waals surface area contributed by atoms with Crippen molar-refractivity contribution >= 4 is 24.3 Å². The first-order chi connectivity index (χ1) is 26.5. The van der Waals surface area contributed by atoms with Gasteiger partial charge in [-0.3, -0.25) is 19.6 Å². The molecule has 318 valence electrons. The first kappa shape index (κ1) is 49.0. The van der Waals surface area contributed by atoms with Crippen LogP contribution in [0.1, 0.15) is 226 Å². The van der Waals surface area contributed by atoms with Crippen LogP contribution in [0.3, 0.4) is 0 Å². The molecule has 0 aromatic carbocycles. The summed E-state index contributed by atoms with van der Waals surface area (Å²) in [6, 6.07) is 1.84. The third-order valence-electron chi connectivity index (χ3n) is 11.3. The molecule has 55 heavy (non-hydrogen) atoms. The topological polar surface area (TPSA) is 113 Å². The van der Waals surface area contributed by atoms with Gasteiger partial charge in [-0.15, -0.1) is 12.4 Å². The van der Waals surface area contributed by atoms with Crippen LogP contribution in [0.2, 0.25) is 0 Å². The molecule has 3 rings (SSSR count). The van der Waals surface area contributed by atoms with Gasteiger partial charge >= 0.3 is 17.9 Å². The van der Waals surface area contributed by atoms with Gasteiger partial charge in [0.1, 0.15) is 12.7 Å². The van der Waals surface area contributed by atoms with Crippen LogP contribution in [0.4, 0.5) is 0 Å². The summed E-state index contributed by atoms with van der Waals surface area (Å²) in [5.41, 5.74) is 0.0900. The fourth-order valence-corrected chi connectivity index (χ4v) is 7.89. The Morgan fingerprint density at radius 2 is 1.04 bits per heavy atom. The molecule has 1 saturated heterocycles. The highest BCUT2D eigenvalue weighted by molar-refractivity contribution is 5.85. The number of unbranched alkanes of at least 4 members (excludes halogenated alkanes) is 28. The summed E-state index contributed by atoms with van der Waals surface area (Å²) in [5.74, 6) is -0.533. The SMILES string of the molecule is CCCCCCCCCCCCCCCCCC(=O)OC[C@H]1O[C@@H]2[C@@H](Oc3nc(=N)ccn32)[C@@H]1OC(=O)CCCCCCCCCCCCCCCCC.Cl. The van der Waals surface area contributed by atoms with Crippen molar-refractivity contribution in [3.05, 3.63) is 17.8 Å². The molecular weight excluding hydrogens is 714 g/mol. The molecule has 0 bridgehead atoms. The second kappa shape index (κ2) is 31.9. The number of esters is 2. The van der Waals surface area contributed by atoms with Crippen molar-refractivity contribution in [1.29, 1.82) is 5.41 Å². The minimum absolute atomic E-state index is 0. The molecule has 2 aliphatic heterocycles. The van der Waals surface area contributed by atoms with E-state index >= 15 is 0 Å². The summed E-state index contributed by atoms with van der Waals surface area (Å²) in [6.45, 7) is 4.55. The Bertz CT molecular complexity index is 1180. The summed E-state index contributed by atoms with van der Waals surface area (Å²) in [4.78, 5) is 29.8. The Kier molecular flexibility index (Phi) is 28.4. The number of fused-ring (bicyclic) bond motifs is 3. The molecule has 1 fully saturated rings. The second-order valence-electron chi connectivity index (χ2n) is 16.2. The summed E-state index contributed by atoms with van der Waals surface area (Å²) in [6.07, 6.45) is 38.2. The van der Waals surface area contributed by atoms with Gasteiger partial charge in [0, 0.05) is 19.0 Å². The number of rotatable bonds is 35. The fourth-order valence-electron chi connectivity index (χ4n) is 7.89. The summed E-state index contributed by atoms with van der Waals surface area (Å²) in [7, 11) is 0. The maximum Gasteiger partial charge on any atom is 0.306 e. The third kappa shape index (κ3) is 21.3. The summed E-state index contributed by atoms with van der Waals surface area (Å²) < 4.78 is 25.6. The van der Waals surface area contributed by atoms with E-state index in [1.54, 1.807) is 16.8 Å². The molecule has 1 aromatic rings. The van der Waals surface area contributed by atoms with Crippen molar-refractivity contribution < 1.29 is 28.5 Å². The zero-order valence-corrected chi connectivity index (χ0v) is 35.9. The number of aromatic nitrogens is 2. The van der Waals surface area contributed by atoms with Gasteiger partial charge in [0.25, 0.3) is 0 Å². The van der Waals surface area contributed by atoms with E-state index in [0.29, 0.717) is 12.8 Å². The van der Waals surface area contributed by atoms with Crippen LogP contribution >= 0.6 is 12.4 Å². The van der Waals surface area contributed by atoms with Gasteiger partial charge in [-0.05, 0) is 18.9 Å². The molecule has 0 amide bonds. The average Bonchev–Trinajstić information content (AvgIpc) is 3.68. The number of hydrogen-bond acceptors (Lipinski definition) is 8. The number of ether oxygens (including phenoxy) is 4. The zero-order chi connectivity index (χ0) is 38.5. The minimum Gasteiger partial charge on any atom is -0.463 e. The monoisotopic (exact) mass is 794 g/mol. The smallest absolute Gasteiger partial charge is 0.306 e. The van der Waals surface area contributed by atoms with Gasteiger partial charge in [0.05, 0.1) is 0 Å². The van der Waals surface area contributed by atoms with Gasteiger partial charge < -0.3 is 18.9 Å². The number of hydrogen-bond donors (Lipinski definition) is 1. The third-order valence-corrected chi connectivity index (χ3v) is 11.3. The number of carbonyl (C=O) groups excluding carboxylic acids is 2. The fraction of sp³-hybridized carbons (Fsp3) is 0.867. The standard InChI is InChI=1S/C45H79N3O6.ClH/c1-3-5-7-9-11-13-15-17-19-21-23-25-27-29-31-33-40(49)51-37-38-42(43-44(52-38)48-36-35-39(46)47-45(48)54-43)53-41(50)34-32-30-28-26-24-22-20-18-16-14-12-10-8-6-4-2;/h35-36,38,42-44,46H,3-34,37H2,1-2H3;1H/t38-,42-,43+,44-;/m1./s1. The van der Waals surface area contributed by atoms with E-state index in [1.165, 1.54) is 154 Å². The van der Waals surface area contributed by atoms with E-state index < -0.39 is 24.5 Å². The Morgan fingerprint density at radius 1 is 0.636 bits per heavy atom. The van der Waals surface area contributed by atoms with E-state index in [1.807, 2.05) is 0 Å². The lowest BCUT2D eigenvalue weighted by molar-refractivity contribution is -0.160. The van der Waals surface area contributed by atoms with E-state index in [0.717, 1.165) is 38.5 Å². The van der Waals surface area contributed by atoms with Crippen LogP contribution in [0.15, 0.2) is 12.3 Å². The molecule has 3 heterocycles. The van der Waals surface area contributed by atoms with Crippen LogP contribution in [-0.4, -0.2) is 46.4 Å². The highest BCUT2D eigenvalue weighted by Crippen LogP contribution is 2.40. The van der Waals surface area contributed by atoms with Crippen LogP contribution in [0.25, 0.3) is 0 Å². The van der Waals surface area contributed by atoms with E-state index in [2.05, 4.69) is 18.8 Å². The lowest BCUT2D eigenvalue weighted by Crippen LogP contribution is -2.40. The maximum atomic E-state index is 13.0. The van der Waals surface area contributed by atoms with Crippen molar-refractivity contribution in [1.82, 2.24) is 9.55 Å². The highest BCUT2D eigenvalue weighted by atomic mass is 35.5. The molecule has 9 nitrogen and oxygen atoms in total. The predicted molar refractivity (Wildman–Crippen MR) is 224 cm³/mol. The molecule has 2 aliphatic rings. The van der Waals surface area contributed by atoms with Gasteiger partial charge in [0.2, 0.25) is 0 Å². The largest absolute Gasteiger partial charge is 0.463 e. The lowest BCUT2D eigenvalue weighted by Gasteiger charge is -2.22. The Hall–Kier alpha value is -2.13. The van der Waals surface area contributed by atoms with E-state index in [4.69, 9.17) is 24.4 Å². The van der Waals surface area contributed by atoms with Crippen molar-refractivity contribution in [3.63, 3.8) is 0 Å². The van der Waals surface area contributed by atoms with Crippen molar-refractivity contribution in [2.45, 2.75) is 244 Å². The molecule has 1 N–H and O–H groups in total. The minimum atomic E-state index is -0.728. The molecule has 1 aromatic heterocycles. The normalized spacial score (nSPS) is 18.4. The summed E-state index contributed by atoms with van der Waals surface area (Å²) in [5, 5.41) is 7.86. The number of nitrogens with zero attached hydrogens (tertiary/aromatic N) is 2. The lowest BCUT2D eigenvalue weighted by atomic mass is 10.0. The Labute approximate surface area is 341 Å². The molecule has 0 saturated carbocycles. The van der Waals surface area contributed by atoms with Crippen LogP contribution < -0.4 is 10.2 Å². The van der Waals surface area contributed by atoms with Crippen molar-refractivity contribution in [2.24, 2.45) is 0 Å². The van der Waals surface area contributed by atoms with Crippen molar-refractivity contribution in [3.8, 4) is 6.01 Å². The molecule has 0 radical (unpaired) electrons. The van der Waals surface area contributed by atoms with Crippen LogP contribution in [0.5, 0.6) is 6.01 Å². The average molecular weight is 795 g/mol. The Morgan fingerprint density at radius 3 is 1.47 bits per heavy atom. The van der Waals surface area contributed by atoms with Crippen LogP contribution in [0, 0.1) is 5.41 Å². The first-order valence-corrected chi connectivity index (χ1v) is 22.8. The van der Waals surface area contributed by atoms with Gasteiger partial charge in [0.15, 0.2) is 23.9 Å². The first-order valence-electron chi connectivity index (χ1n) is 22.8. The second-order valence-corrected chi connectivity index (χ2v) is 16.2.